The molecule has 1 fully saturated rings. The Bertz CT molecular complexity index is 666. The SMILES string of the molecule is CN(CCc1ccncc1)C(=O)c1cnc(N2CCCCCC2)cn1. The average Bonchev–Trinajstić information content (AvgIpc) is 2.96. The lowest BCUT2D eigenvalue weighted by atomic mass is 10.2. The van der Waals surface area contributed by atoms with Gasteiger partial charge in [0.1, 0.15) is 11.5 Å². The van der Waals surface area contributed by atoms with Crippen molar-refractivity contribution in [1.29, 1.82) is 0 Å². The first-order chi connectivity index (χ1) is 12.2. The van der Waals surface area contributed by atoms with E-state index in [1.54, 1.807) is 36.7 Å². The maximum atomic E-state index is 12.5. The summed E-state index contributed by atoms with van der Waals surface area (Å²) < 4.78 is 0. The fraction of sp³-hybridized carbons (Fsp3) is 0.474. The number of amides is 1. The topological polar surface area (TPSA) is 62.2 Å². The van der Waals surface area contributed by atoms with Gasteiger partial charge in [0.15, 0.2) is 0 Å². The molecule has 0 unspecified atom stereocenters. The van der Waals surface area contributed by atoms with Crippen LogP contribution in [0.5, 0.6) is 0 Å². The van der Waals surface area contributed by atoms with E-state index in [-0.39, 0.29) is 5.91 Å². The van der Waals surface area contributed by atoms with Gasteiger partial charge in [-0.25, -0.2) is 9.97 Å². The van der Waals surface area contributed by atoms with Gasteiger partial charge in [0.25, 0.3) is 5.91 Å². The van der Waals surface area contributed by atoms with E-state index in [0.29, 0.717) is 12.2 Å². The molecule has 1 aliphatic rings. The molecule has 1 amide bonds. The summed E-state index contributed by atoms with van der Waals surface area (Å²) in [6.45, 7) is 2.68. The molecule has 0 aromatic carbocycles. The van der Waals surface area contributed by atoms with Crippen molar-refractivity contribution < 1.29 is 4.79 Å². The van der Waals surface area contributed by atoms with Crippen molar-refractivity contribution in [3.63, 3.8) is 0 Å². The molecule has 6 heteroatoms. The Morgan fingerprint density at radius 3 is 2.44 bits per heavy atom. The zero-order valence-electron chi connectivity index (χ0n) is 14.8. The molecular formula is C19H25N5O. The predicted octanol–water partition coefficient (Wildman–Crippen LogP) is 2.57. The van der Waals surface area contributed by atoms with Crippen LogP contribution in [-0.2, 0) is 6.42 Å². The summed E-state index contributed by atoms with van der Waals surface area (Å²) in [5.41, 5.74) is 1.56. The van der Waals surface area contributed by atoms with E-state index in [9.17, 15) is 4.79 Å². The highest BCUT2D eigenvalue weighted by molar-refractivity contribution is 5.91. The minimum absolute atomic E-state index is 0.0935. The molecule has 0 bridgehead atoms. The minimum atomic E-state index is -0.0935. The first-order valence-corrected chi connectivity index (χ1v) is 8.95. The first kappa shape index (κ1) is 17.3. The van der Waals surface area contributed by atoms with Crippen molar-refractivity contribution in [2.75, 3.05) is 31.6 Å². The molecule has 2 aromatic rings. The van der Waals surface area contributed by atoms with Gasteiger partial charge in [0, 0.05) is 39.1 Å². The molecular weight excluding hydrogens is 314 g/mol. The van der Waals surface area contributed by atoms with Crippen LogP contribution in [0, 0.1) is 0 Å². The Kier molecular flexibility index (Phi) is 5.93. The number of likely N-dealkylation sites (N-methyl/N-ethyl adjacent to an activating group) is 1. The van der Waals surface area contributed by atoms with E-state index in [1.165, 1.54) is 25.7 Å². The predicted molar refractivity (Wildman–Crippen MR) is 97.6 cm³/mol. The van der Waals surface area contributed by atoms with Crippen LogP contribution in [0.4, 0.5) is 5.82 Å². The average molecular weight is 339 g/mol. The molecule has 25 heavy (non-hydrogen) atoms. The third-order valence-electron chi connectivity index (χ3n) is 4.62. The smallest absolute Gasteiger partial charge is 0.273 e. The van der Waals surface area contributed by atoms with E-state index in [4.69, 9.17) is 0 Å². The molecule has 0 radical (unpaired) electrons. The van der Waals surface area contributed by atoms with Crippen LogP contribution < -0.4 is 4.90 Å². The van der Waals surface area contributed by atoms with Gasteiger partial charge in [-0.2, -0.15) is 0 Å². The van der Waals surface area contributed by atoms with E-state index in [1.807, 2.05) is 12.1 Å². The highest BCUT2D eigenvalue weighted by atomic mass is 16.2. The second-order valence-electron chi connectivity index (χ2n) is 6.49. The maximum Gasteiger partial charge on any atom is 0.273 e. The van der Waals surface area contributed by atoms with Gasteiger partial charge in [-0.3, -0.25) is 9.78 Å². The normalized spacial score (nSPS) is 14.8. The maximum absolute atomic E-state index is 12.5. The van der Waals surface area contributed by atoms with Crippen LogP contribution in [0.25, 0.3) is 0 Å². The number of anilines is 1. The van der Waals surface area contributed by atoms with Gasteiger partial charge in [-0.15, -0.1) is 0 Å². The molecule has 2 aromatic heterocycles. The quantitative estimate of drug-likeness (QED) is 0.838. The molecule has 1 aliphatic heterocycles. The number of rotatable bonds is 5. The first-order valence-electron chi connectivity index (χ1n) is 8.95. The summed E-state index contributed by atoms with van der Waals surface area (Å²) in [7, 11) is 1.80. The Morgan fingerprint density at radius 1 is 1.08 bits per heavy atom. The fourth-order valence-corrected chi connectivity index (χ4v) is 3.04. The van der Waals surface area contributed by atoms with E-state index >= 15 is 0 Å². The van der Waals surface area contributed by atoms with Crippen LogP contribution in [0.15, 0.2) is 36.9 Å². The molecule has 0 N–H and O–H groups in total. The van der Waals surface area contributed by atoms with Gasteiger partial charge in [-0.1, -0.05) is 12.8 Å². The zero-order valence-corrected chi connectivity index (χ0v) is 14.8. The van der Waals surface area contributed by atoms with Gasteiger partial charge < -0.3 is 9.80 Å². The van der Waals surface area contributed by atoms with Gasteiger partial charge >= 0.3 is 0 Å². The monoisotopic (exact) mass is 339 g/mol. The van der Waals surface area contributed by atoms with E-state index in [2.05, 4.69) is 19.9 Å². The lowest BCUT2D eigenvalue weighted by Gasteiger charge is -2.21. The summed E-state index contributed by atoms with van der Waals surface area (Å²) in [5.74, 6) is 0.780. The van der Waals surface area contributed by atoms with Crippen molar-refractivity contribution in [3.05, 3.63) is 48.2 Å². The second-order valence-corrected chi connectivity index (χ2v) is 6.49. The number of pyridine rings is 1. The number of carbonyl (C=O) groups excluding carboxylic acids is 1. The van der Waals surface area contributed by atoms with Crippen molar-refractivity contribution in [1.82, 2.24) is 19.9 Å². The molecule has 0 saturated carbocycles. The largest absolute Gasteiger partial charge is 0.355 e. The van der Waals surface area contributed by atoms with Gasteiger partial charge in [0.05, 0.1) is 12.4 Å². The Balaban J connectivity index is 1.57. The number of hydrogen-bond acceptors (Lipinski definition) is 5. The molecule has 0 atom stereocenters. The van der Waals surface area contributed by atoms with Crippen LogP contribution in [0.3, 0.4) is 0 Å². The standard InChI is InChI=1S/C19H25N5O/c1-23(13-8-16-6-9-20-10-7-16)19(25)17-14-22-18(15-21-17)24-11-4-2-3-5-12-24/h6-7,9-10,14-15H,2-5,8,11-13H2,1H3. The third-order valence-corrected chi connectivity index (χ3v) is 4.62. The van der Waals surface area contributed by atoms with Crippen LogP contribution >= 0.6 is 0 Å². The van der Waals surface area contributed by atoms with Crippen molar-refractivity contribution >= 4 is 11.7 Å². The molecule has 0 aliphatic carbocycles. The third kappa shape index (κ3) is 4.75. The molecule has 0 spiro atoms. The summed E-state index contributed by atoms with van der Waals surface area (Å²) >= 11 is 0. The van der Waals surface area contributed by atoms with Crippen LogP contribution in [-0.4, -0.2) is 52.4 Å². The van der Waals surface area contributed by atoms with Crippen LogP contribution in [0.2, 0.25) is 0 Å². The van der Waals surface area contributed by atoms with Gasteiger partial charge in [0.2, 0.25) is 0 Å². The second kappa shape index (κ2) is 8.55. The highest BCUT2D eigenvalue weighted by Gasteiger charge is 2.16. The molecule has 1 saturated heterocycles. The summed E-state index contributed by atoms with van der Waals surface area (Å²) in [6.07, 6.45) is 12.6. The Labute approximate surface area is 148 Å². The molecule has 3 heterocycles. The number of hydrogen-bond donors (Lipinski definition) is 0. The van der Waals surface area contributed by atoms with E-state index in [0.717, 1.165) is 30.9 Å². The number of nitrogens with zero attached hydrogens (tertiary/aromatic N) is 5. The Morgan fingerprint density at radius 2 is 1.80 bits per heavy atom. The van der Waals surface area contributed by atoms with Gasteiger partial charge in [-0.05, 0) is 37.0 Å². The minimum Gasteiger partial charge on any atom is -0.355 e. The fourth-order valence-electron chi connectivity index (χ4n) is 3.04. The summed E-state index contributed by atoms with van der Waals surface area (Å²) in [5, 5.41) is 0. The van der Waals surface area contributed by atoms with Crippen molar-refractivity contribution in [3.8, 4) is 0 Å². The number of aromatic nitrogens is 3. The van der Waals surface area contributed by atoms with E-state index < -0.39 is 0 Å². The Hall–Kier alpha value is -2.50. The van der Waals surface area contributed by atoms with Crippen molar-refractivity contribution in [2.45, 2.75) is 32.1 Å². The van der Waals surface area contributed by atoms with Crippen LogP contribution in [0.1, 0.15) is 41.7 Å². The molecule has 6 nitrogen and oxygen atoms in total. The lowest BCUT2D eigenvalue weighted by Crippen LogP contribution is -2.30. The molecule has 3 rings (SSSR count). The summed E-state index contributed by atoms with van der Waals surface area (Å²) in [4.78, 5) is 29.3. The number of carbonyl (C=O) groups is 1. The highest BCUT2D eigenvalue weighted by Crippen LogP contribution is 2.16. The zero-order chi connectivity index (χ0) is 17.5. The molecule has 132 valence electrons. The summed E-state index contributed by atoms with van der Waals surface area (Å²) in [6, 6.07) is 3.93. The lowest BCUT2D eigenvalue weighted by molar-refractivity contribution is 0.0790. The van der Waals surface area contributed by atoms with Crippen molar-refractivity contribution in [2.24, 2.45) is 0 Å².